The lowest BCUT2D eigenvalue weighted by atomic mass is 10.1. The number of pyridine rings is 1. The first-order valence-electron chi connectivity index (χ1n) is 5.74. The molecule has 3 aromatic rings. The highest BCUT2D eigenvalue weighted by Crippen LogP contribution is 2.33. The first-order valence-corrected chi connectivity index (χ1v) is 8.14. The molecule has 2 nitrogen and oxygen atoms in total. The zero-order valence-corrected chi connectivity index (χ0v) is 13.8. The van der Waals surface area contributed by atoms with Crippen molar-refractivity contribution in [2.75, 3.05) is 5.32 Å². The number of benzene rings is 1. The van der Waals surface area contributed by atoms with E-state index in [1.54, 1.807) is 11.3 Å². The van der Waals surface area contributed by atoms with E-state index < -0.39 is 0 Å². The summed E-state index contributed by atoms with van der Waals surface area (Å²) in [6.45, 7) is 0.816. The minimum absolute atomic E-state index is 0.816. The van der Waals surface area contributed by atoms with E-state index in [0.29, 0.717) is 0 Å². The zero-order valence-electron chi connectivity index (χ0n) is 9.86. The molecule has 0 aliphatic heterocycles. The number of rotatable bonds is 3. The molecule has 0 amide bonds. The van der Waals surface area contributed by atoms with E-state index in [4.69, 9.17) is 0 Å². The van der Waals surface area contributed by atoms with Crippen LogP contribution in [0.3, 0.4) is 0 Å². The number of halogens is 2. The Morgan fingerprint density at radius 3 is 2.89 bits per heavy atom. The molecule has 0 aliphatic carbocycles. The van der Waals surface area contributed by atoms with Gasteiger partial charge < -0.3 is 5.32 Å². The van der Waals surface area contributed by atoms with Crippen LogP contribution < -0.4 is 5.32 Å². The maximum atomic E-state index is 4.15. The topological polar surface area (TPSA) is 24.9 Å². The highest BCUT2D eigenvalue weighted by Gasteiger charge is 2.05. The summed E-state index contributed by atoms with van der Waals surface area (Å²) in [4.78, 5) is 5.43. The van der Waals surface area contributed by atoms with Gasteiger partial charge in [-0.2, -0.15) is 0 Å². The summed E-state index contributed by atoms with van der Waals surface area (Å²) in [6.07, 6.45) is 3.71. The van der Waals surface area contributed by atoms with Gasteiger partial charge in [-0.05, 0) is 50.1 Å². The molecule has 0 aliphatic rings. The Hall–Kier alpha value is -0.910. The Bertz CT molecular complexity index is 700. The second-order valence-electron chi connectivity index (χ2n) is 4.09. The fourth-order valence-corrected chi connectivity index (χ4v) is 4.05. The SMILES string of the molecule is Brc1cc(CNc2cccc3cnccc23)sc1Br. The van der Waals surface area contributed by atoms with E-state index in [0.717, 1.165) is 25.9 Å². The Morgan fingerprint density at radius 2 is 2.11 bits per heavy atom. The Balaban J connectivity index is 1.85. The fourth-order valence-electron chi connectivity index (χ4n) is 1.94. The normalized spacial score (nSPS) is 10.8. The van der Waals surface area contributed by atoms with E-state index in [2.05, 4.69) is 60.4 Å². The molecule has 0 spiro atoms. The van der Waals surface area contributed by atoms with Gasteiger partial charge in [0.1, 0.15) is 0 Å². The standard InChI is InChI=1S/C14H10Br2N2S/c15-12-6-10(19-14(12)16)8-18-13-3-1-2-9-7-17-5-4-11(9)13/h1-7,18H,8H2. The van der Waals surface area contributed by atoms with Crippen LogP contribution in [0.4, 0.5) is 5.69 Å². The summed E-state index contributed by atoms with van der Waals surface area (Å²) < 4.78 is 2.24. The van der Waals surface area contributed by atoms with Gasteiger partial charge in [-0.1, -0.05) is 12.1 Å². The van der Waals surface area contributed by atoms with E-state index in [1.165, 1.54) is 10.3 Å². The van der Waals surface area contributed by atoms with Crippen molar-refractivity contribution in [1.82, 2.24) is 4.98 Å². The summed E-state index contributed by atoms with van der Waals surface area (Å²) >= 11 is 8.76. The molecule has 0 bridgehead atoms. The molecule has 5 heteroatoms. The molecular formula is C14H10Br2N2S. The van der Waals surface area contributed by atoms with Crippen molar-refractivity contribution in [1.29, 1.82) is 0 Å². The third-order valence-electron chi connectivity index (χ3n) is 2.83. The number of hydrogen-bond acceptors (Lipinski definition) is 3. The maximum absolute atomic E-state index is 4.15. The van der Waals surface area contributed by atoms with Gasteiger partial charge in [0.25, 0.3) is 0 Å². The second-order valence-corrected chi connectivity index (χ2v) is 7.40. The van der Waals surface area contributed by atoms with Crippen LogP contribution in [-0.4, -0.2) is 4.98 Å². The number of anilines is 1. The highest BCUT2D eigenvalue weighted by molar-refractivity contribution is 9.13. The Labute approximate surface area is 132 Å². The van der Waals surface area contributed by atoms with Crippen molar-refractivity contribution < 1.29 is 0 Å². The molecule has 2 heterocycles. The average Bonchev–Trinajstić information content (AvgIpc) is 2.75. The van der Waals surface area contributed by atoms with Crippen LogP contribution in [0.2, 0.25) is 0 Å². The summed E-state index contributed by atoms with van der Waals surface area (Å²) in [5.74, 6) is 0. The number of thiophene rings is 1. The van der Waals surface area contributed by atoms with Gasteiger partial charge in [-0.15, -0.1) is 11.3 Å². The summed E-state index contributed by atoms with van der Waals surface area (Å²) in [5.41, 5.74) is 1.14. The lowest BCUT2D eigenvalue weighted by molar-refractivity contribution is 1.20. The van der Waals surface area contributed by atoms with Gasteiger partial charge in [0.05, 0.1) is 3.79 Å². The zero-order chi connectivity index (χ0) is 13.2. The molecule has 0 saturated carbocycles. The lowest BCUT2D eigenvalue weighted by Crippen LogP contribution is -1.97. The third kappa shape index (κ3) is 2.83. The van der Waals surface area contributed by atoms with Crippen LogP contribution in [0.15, 0.2) is 51.0 Å². The summed E-state index contributed by atoms with van der Waals surface area (Å²) in [5, 5.41) is 5.84. The van der Waals surface area contributed by atoms with Gasteiger partial charge in [0.15, 0.2) is 0 Å². The Kier molecular flexibility index (Phi) is 3.86. The lowest BCUT2D eigenvalue weighted by Gasteiger charge is -2.08. The predicted octanol–water partition coefficient (Wildman–Crippen LogP) is 5.43. The first-order chi connectivity index (χ1) is 9.24. The smallest absolute Gasteiger partial charge is 0.0843 e. The molecule has 0 radical (unpaired) electrons. The highest BCUT2D eigenvalue weighted by atomic mass is 79.9. The van der Waals surface area contributed by atoms with Crippen LogP contribution in [0.25, 0.3) is 10.8 Å². The van der Waals surface area contributed by atoms with Crippen molar-refractivity contribution in [2.24, 2.45) is 0 Å². The maximum Gasteiger partial charge on any atom is 0.0843 e. The van der Waals surface area contributed by atoms with Crippen LogP contribution in [0, 0.1) is 0 Å². The molecule has 96 valence electrons. The van der Waals surface area contributed by atoms with Gasteiger partial charge >= 0.3 is 0 Å². The first kappa shape index (κ1) is 13.1. The molecule has 3 rings (SSSR count). The molecule has 0 saturated heterocycles. The van der Waals surface area contributed by atoms with Gasteiger partial charge in [-0.25, -0.2) is 0 Å². The van der Waals surface area contributed by atoms with Gasteiger partial charge in [-0.3, -0.25) is 4.98 Å². The van der Waals surface area contributed by atoms with Crippen LogP contribution >= 0.6 is 43.2 Å². The van der Waals surface area contributed by atoms with Crippen LogP contribution in [0.1, 0.15) is 4.88 Å². The average molecular weight is 398 g/mol. The molecule has 2 aromatic heterocycles. The summed E-state index contributed by atoms with van der Waals surface area (Å²) in [7, 11) is 0. The quantitative estimate of drug-likeness (QED) is 0.636. The van der Waals surface area contributed by atoms with Crippen molar-refractivity contribution in [3.8, 4) is 0 Å². The monoisotopic (exact) mass is 396 g/mol. The number of nitrogens with one attached hydrogen (secondary N) is 1. The van der Waals surface area contributed by atoms with Gasteiger partial charge in [0.2, 0.25) is 0 Å². The van der Waals surface area contributed by atoms with Crippen molar-refractivity contribution in [3.63, 3.8) is 0 Å². The number of nitrogens with zero attached hydrogens (tertiary/aromatic N) is 1. The number of fused-ring (bicyclic) bond motifs is 1. The minimum Gasteiger partial charge on any atom is -0.380 e. The minimum atomic E-state index is 0.816. The van der Waals surface area contributed by atoms with Crippen LogP contribution in [-0.2, 0) is 6.54 Å². The fraction of sp³-hybridized carbons (Fsp3) is 0.0714. The van der Waals surface area contributed by atoms with E-state index in [-0.39, 0.29) is 0 Å². The van der Waals surface area contributed by atoms with E-state index >= 15 is 0 Å². The van der Waals surface area contributed by atoms with Crippen molar-refractivity contribution >= 4 is 59.7 Å². The number of aromatic nitrogens is 1. The Morgan fingerprint density at radius 1 is 1.21 bits per heavy atom. The molecule has 19 heavy (non-hydrogen) atoms. The van der Waals surface area contributed by atoms with E-state index in [1.807, 2.05) is 24.5 Å². The second kappa shape index (κ2) is 5.61. The van der Waals surface area contributed by atoms with Crippen molar-refractivity contribution in [2.45, 2.75) is 6.54 Å². The molecule has 0 unspecified atom stereocenters. The van der Waals surface area contributed by atoms with E-state index in [9.17, 15) is 0 Å². The molecule has 0 fully saturated rings. The molecule has 0 atom stereocenters. The van der Waals surface area contributed by atoms with Crippen molar-refractivity contribution in [3.05, 3.63) is 55.9 Å². The number of hydrogen-bond donors (Lipinski definition) is 1. The van der Waals surface area contributed by atoms with Gasteiger partial charge in [0, 0.05) is 44.7 Å². The molecule has 1 N–H and O–H groups in total. The third-order valence-corrected chi connectivity index (χ3v) is 6.09. The predicted molar refractivity (Wildman–Crippen MR) is 88.8 cm³/mol. The van der Waals surface area contributed by atoms with Crippen LogP contribution in [0.5, 0.6) is 0 Å². The molecular weight excluding hydrogens is 388 g/mol. The molecule has 1 aromatic carbocycles. The largest absolute Gasteiger partial charge is 0.380 e. The summed E-state index contributed by atoms with van der Waals surface area (Å²) in [6, 6.07) is 10.4.